The molecule has 13 heteroatoms. The van der Waals surface area contributed by atoms with Gasteiger partial charge in [-0.15, -0.1) is 11.3 Å². The predicted molar refractivity (Wildman–Crippen MR) is 172 cm³/mol. The molecule has 3 heterocycles. The van der Waals surface area contributed by atoms with Gasteiger partial charge in [-0.3, -0.25) is 14.4 Å². The second-order valence-corrected chi connectivity index (χ2v) is 15.2. The van der Waals surface area contributed by atoms with Crippen molar-refractivity contribution in [2.45, 2.75) is 115 Å². The standard InChI is InChI=1S/C34H45FN4O7S/c1-20-27(47-19-37-20)21-5-6-22(26(15-21)46-24-7-9-34(10-8-24)44-13-14-45-34)17-36-29(41)25-16-23(40)18-39(25)30(42)28(32(2,3)4)38-31(43)33(35)11-12-33/h5-6,15,19,23-25,28,40H,7-14,16-18H2,1-4H3,(H,36,41)(H,38,43)/t23-,25+,28-/m1/s1. The zero-order chi connectivity index (χ0) is 33.6. The zero-order valence-electron chi connectivity index (χ0n) is 27.5. The van der Waals surface area contributed by atoms with Gasteiger partial charge >= 0.3 is 0 Å². The number of aromatic nitrogens is 1. The Bertz CT molecular complexity index is 1490. The van der Waals surface area contributed by atoms with E-state index in [1.165, 1.54) is 4.90 Å². The summed E-state index contributed by atoms with van der Waals surface area (Å²) in [7, 11) is 0. The Morgan fingerprint density at radius 3 is 2.49 bits per heavy atom. The van der Waals surface area contributed by atoms with E-state index >= 15 is 0 Å². The first-order valence-electron chi connectivity index (χ1n) is 16.5. The van der Waals surface area contributed by atoms with Crippen LogP contribution in [0.15, 0.2) is 23.7 Å². The summed E-state index contributed by atoms with van der Waals surface area (Å²) < 4.78 is 32.9. The van der Waals surface area contributed by atoms with Gasteiger partial charge in [0.05, 0.1) is 41.5 Å². The van der Waals surface area contributed by atoms with Gasteiger partial charge in [-0.25, -0.2) is 9.37 Å². The summed E-state index contributed by atoms with van der Waals surface area (Å²) in [6, 6.07) is 3.87. The molecular weight excluding hydrogens is 627 g/mol. The second-order valence-electron chi connectivity index (χ2n) is 14.4. The van der Waals surface area contributed by atoms with Gasteiger partial charge in [-0.05, 0) is 49.7 Å². The number of carbonyl (C=O) groups excluding carboxylic acids is 3. The molecule has 2 aliphatic carbocycles. The first-order chi connectivity index (χ1) is 22.3. The second kappa shape index (κ2) is 13.1. The molecule has 0 bridgehead atoms. The third kappa shape index (κ3) is 7.33. The smallest absolute Gasteiger partial charge is 0.258 e. The molecule has 11 nitrogen and oxygen atoms in total. The molecule has 4 aliphatic rings. The van der Waals surface area contributed by atoms with E-state index in [1.807, 2.05) is 30.6 Å². The molecule has 1 aromatic heterocycles. The third-order valence-electron chi connectivity index (χ3n) is 9.68. The number of aryl methyl sites for hydroxylation is 1. The molecule has 6 rings (SSSR count). The number of benzene rings is 1. The Kier molecular flexibility index (Phi) is 9.38. The molecule has 2 saturated heterocycles. The SMILES string of the molecule is Cc1ncsc1-c1ccc(CNC(=O)[C@@H]2C[C@@H](O)CN2C(=O)[C@@H](NC(=O)C2(F)CC2)C(C)(C)C)c(OC2CCC3(CC2)OCCO3)c1. The lowest BCUT2D eigenvalue weighted by Gasteiger charge is -2.36. The zero-order valence-corrected chi connectivity index (χ0v) is 28.3. The maximum Gasteiger partial charge on any atom is 0.258 e. The monoisotopic (exact) mass is 672 g/mol. The van der Waals surface area contributed by atoms with Crippen molar-refractivity contribution in [3.8, 4) is 16.2 Å². The van der Waals surface area contributed by atoms with Crippen LogP contribution in [-0.2, 0) is 30.4 Å². The van der Waals surface area contributed by atoms with Gasteiger partial charge < -0.3 is 34.9 Å². The molecule has 256 valence electrons. The number of aliphatic hydroxyl groups is 1. The van der Waals surface area contributed by atoms with Gasteiger partial charge in [-0.2, -0.15) is 0 Å². The number of ether oxygens (including phenoxy) is 3. The van der Waals surface area contributed by atoms with Crippen LogP contribution in [0.3, 0.4) is 0 Å². The van der Waals surface area contributed by atoms with E-state index < -0.39 is 52.8 Å². The lowest BCUT2D eigenvalue weighted by atomic mass is 9.85. The quantitative estimate of drug-likeness (QED) is 0.366. The summed E-state index contributed by atoms with van der Waals surface area (Å²) in [5.74, 6) is -1.62. The molecule has 47 heavy (non-hydrogen) atoms. The van der Waals surface area contributed by atoms with E-state index in [1.54, 1.807) is 32.1 Å². The summed E-state index contributed by atoms with van der Waals surface area (Å²) in [4.78, 5) is 46.8. The molecule has 3 N–H and O–H groups in total. The highest BCUT2D eigenvalue weighted by atomic mass is 32.1. The van der Waals surface area contributed by atoms with Crippen LogP contribution in [0.5, 0.6) is 5.75 Å². The summed E-state index contributed by atoms with van der Waals surface area (Å²) in [5, 5.41) is 16.1. The van der Waals surface area contributed by atoms with Gasteiger partial charge in [0.15, 0.2) is 11.5 Å². The van der Waals surface area contributed by atoms with Crippen molar-refractivity contribution >= 4 is 29.1 Å². The fourth-order valence-electron chi connectivity index (χ4n) is 6.66. The molecule has 3 amide bonds. The van der Waals surface area contributed by atoms with Crippen LogP contribution in [0.2, 0.25) is 0 Å². The van der Waals surface area contributed by atoms with Crippen molar-refractivity contribution in [3.05, 3.63) is 35.0 Å². The van der Waals surface area contributed by atoms with Crippen molar-refractivity contribution in [2.75, 3.05) is 19.8 Å². The van der Waals surface area contributed by atoms with E-state index in [9.17, 15) is 23.9 Å². The molecule has 1 spiro atoms. The molecule has 0 radical (unpaired) electrons. The lowest BCUT2D eigenvalue weighted by Crippen LogP contribution is -2.59. The molecule has 4 fully saturated rings. The normalized spacial score (nSPS) is 24.3. The van der Waals surface area contributed by atoms with Crippen LogP contribution in [-0.4, -0.2) is 88.2 Å². The van der Waals surface area contributed by atoms with Gasteiger partial charge in [0.2, 0.25) is 11.8 Å². The Hall–Kier alpha value is -3.13. The number of nitrogens with one attached hydrogen (secondary N) is 2. The minimum atomic E-state index is -1.95. The predicted octanol–water partition coefficient (Wildman–Crippen LogP) is 3.79. The number of halogens is 1. The van der Waals surface area contributed by atoms with Crippen LogP contribution < -0.4 is 15.4 Å². The minimum absolute atomic E-state index is 0.0519. The third-order valence-corrected chi connectivity index (χ3v) is 10.7. The number of hydrogen-bond acceptors (Lipinski definition) is 9. The van der Waals surface area contributed by atoms with Crippen LogP contribution in [0, 0.1) is 12.3 Å². The maximum atomic E-state index is 14.5. The minimum Gasteiger partial charge on any atom is -0.490 e. The summed E-state index contributed by atoms with van der Waals surface area (Å²) in [6.45, 7) is 8.57. The molecule has 2 saturated carbocycles. The Balaban J connectivity index is 1.16. The highest BCUT2D eigenvalue weighted by Gasteiger charge is 2.53. The van der Waals surface area contributed by atoms with Crippen molar-refractivity contribution in [3.63, 3.8) is 0 Å². The number of nitrogens with zero attached hydrogens (tertiary/aromatic N) is 2. The largest absolute Gasteiger partial charge is 0.490 e. The van der Waals surface area contributed by atoms with Crippen molar-refractivity contribution < 1.29 is 38.1 Å². The number of amides is 3. The molecular formula is C34H45FN4O7S. The Labute approximate surface area is 278 Å². The van der Waals surface area contributed by atoms with Gasteiger partial charge in [0, 0.05) is 37.9 Å². The number of hydrogen-bond donors (Lipinski definition) is 3. The summed E-state index contributed by atoms with van der Waals surface area (Å²) in [6.07, 6.45) is 2.35. The molecule has 2 aliphatic heterocycles. The average molecular weight is 673 g/mol. The van der Waals surface area contributed by atoms with E-state index in [-0.39, 0.29) is 38.5 Å². The number of aliphatic hydroxyl groups excluding tert-OH is 1. The number of likely N-dealkylation sites (tertiary alicyclic amines) is 1. The van der Waals surface area contributed by atoms with Crippen LogP contribution in [0.1, 0.15) is 77.0 Å². The Morgan fingerprint density at radius 2 is 1.87 bits per heavy atom. The first kappa shape index (κ1) is 33.8. The van der Waals surface area contributed by atoms with Crippen molar-refractivity contribution in [1.29, 1.82) is 0 Å². The van der Waals surface area contributed by atoms with Gasteiger partial charge in [-0.1, -0.05) is 32.9 Å². The van der Waals surface area contributed by atoms with E-state index in [0.29, 0.717) is 19.0 Å². The number of carbonyl (C=O) groups is 3. The number of thiazole rings is 1. The molecule has 3 atom stereocenters. The number of alkyl halides is 1. The topological polar surface area (TPSA) is 139 Å². The van der Waals surface area contributed by atoms with Crippen LogP contribution in [0.25, 0.3) is 10.4 Å². The summed E-state index contributed by atoms with van der Waals surface area (Å²) in [5.41, 5.74) is 1.76. The van der Waals surface area contributed by atoms with Gasteiger partial charge in [0.25, 0.3) is 5.91 Å². The van der Waals surface area contributed by atoms with E-state index in [2.05, 4.69) is 15.6 Å². The molecule has 1 aromatic carbocycles. The Morgan fingerprint density at radius 1 is 1.17 bits per heavy atom. The average Bonchev–Trinajstić information content (AvgIpc) is 3.34. The van der Waals surface area contributed by atoms with Crippen LogP contribution >= 0.6 is 11.3 Å². The maximum absolute atomic E-state index is 14.5. The van der Waals surface area contributed by atoms with E-state index in [4.69, 9.17) is 14.2 Å². The number of rotatable bonds is 9. The first-order valence-corrected chi connectivity index (χ1v) is 17.4. The van der Waals surface area contributed by atoms with E-state index in [0.717, 1.165) is 47.4 Å². The van der Waals surface area contributed by atoms with Crippen molar-refractivity contribution in [1.82, 2.24) is 20.5 Å². The summed E-state index contributed by atoms with van der Waals surface area (Å²) >= 11 is 1.55. The van der Waals surface area contributed by atoms with Crippen molar-refractivity contribution in [2.24, 2.45) is 5.41 Å². The molecule has 2 aromatic rings. The fourth-order valence-corrected chi connectivity index (χ4v) is 7.47. The number of β-amino-alcohol motifs (C(OH)–C–C–N with tert-alkyl or cyclic N) is 1. The van der Waals surface area contributed by atoms with Crippen LogP contribution in [0.4, 0.5) is 4.39 Å². The highest BCUT2D eigenvalue weighted by molar-refractivity contribution is 7.13. The van der Waals surface area contributed by atoms with Gasteiger partial charge in [0.1, 0.15) is 17.8 Å². The fraction of sp³-hybridized carbons (Fsp3) is 0.647. The lowest BCUT2D eigenvalue weighted by molar-refractivity contribution is -0.186. The molecule has 0 unspecified atom stereocenters. The highest BCUT2D eigenvalue weighted by Crippen LogP contribution is 2.41.